The Morgan fingerprint density at radius 3 is 2.32 bits per heavy atom. The fraction of sp³-hybridized carbons (Fsp3) is 0.727. The number of urea groups is 1. The number of ether oxygens (including phenoxy) is 1. The molecule has 0 aromatic rings. The first kappa shape index (κ1) is 17.2. The molecule has 0 aromatic heterocycles. The van der Waals surface area contributed by atoms with Gasteiger partial charge in [0, 0.05) is 13.0 Å². The van der Waals surface area contributed by atoms with E-state index < -0.39 is 24.0 Å². The summed E-state index contributed by atoms with van der Waals surface area (Å²) in [5.74, 6) is -2.38. The van der Waals surface area contributed by atoms with Crippen molar-refractivity contribution in [3.8, 4) is 0 Å². The van der Waals surface area contributed by atoms with Gasteiger partial charge in [0.1, 0.15) is 6.04 Å². The Morgan fingerprint density at radius 2 is 1.84 bits per heavy atom. The average Bonchev–Trinajstić information content (AvgIpc) is 2.29. The summed E-state index contributed by atoms with van der Waals surface area (Å²) in [4.78, 5) is 32.5. The Labute approximate surface area is 111 Å². The molecule has 0 aliphatic heterocycles. The Kier molecular flexibility index (Phi) is 8.27. The summed E-state index contributed by atoms with van der Waals surface area (Å²) >= 11 is 0. The van der Waals surface area contributed by atoms with Crippen molar-refractivity contribution < 1.29 is 29.3 Å². The maximum atomic E-state index is 11.4. The first-order valence-corrected chi connectivity index (χ1v) is 5.93. The fourth-order valence-corrected chi connectivity index (χ4v) is 1.19. The summed E-state index contributed by atoms with van der Waals surface area (Å²) in [5.41, 5.74) is 0. The Hall–Kier alpha value is -1.83. The minimum atomic E-state index is -1.27. The van der Waals surface area contributed by atoms with Crippen LogP contribution in [-0.2, 0) is 14.3 Å². The number of carboxylic acids is 2. The van der Waals surface area contributed by atoms with Crippen LogP contribution in [0.5, 0.6) is 0 Å². The smallest absolute Gasteiger partial charge is 0.326 e. The molecule has 0 aromatic carbocycles. The molecule has 8 heteroatoms. The highest BCUT2D eigenvalue weighted by atomic mass is 16.5. The maximum Gasteiger partial charge on any atom is 0.326 e. The number of carbonyl (C=O) groups excluding carboxylic acids is 1. The number of hydrogen-bond acceptors (Lipinski definition) is 4. The second-order valence-corrected chi connectivity index (χ2v) is 4.14. The van der Waals surface area contributed by atoms with Crippen molar-refractivity contribution in [2.75, 3.05) is 13.2 Å². The lowest BCUT2D eigenvalue weighted by Crippen LogP contribution is -2.47. The number of nitrogens with one attached hydrogen (secondary N) is 2. The van der Waals surface area contributed by atoms with Crippen LogP contribution in [0.15, 0.2) is 0 Å². The van der Waals surface area contributed by atoms with Crippen LogP contribution in [0.25, 0.3) is 0 Å². The maximum absolute atomic E-state index is 11.4. The van der Waals surface area contributed by atoms with Gasteiger partial charge in [0.05, 0.1) is 12.7 Å². The molecule has 19 heavy (non-hydrogen) atoms. The lowest BCUT2D eigenvalue weighted by atomic mass is 10.1. The standard InChI is InChI=1S/C11H20N2O6/c1-7(2)19-6-5-12-11(18)13-8(10(16)17)3-4-9(14)15/h7-8H,3-6H2,1-2H3,(H,14,15)(H,16,17)(H2,12,13,18)/t8-/m0/s1. The molecule has 0 spiro atoms. The molecule has 1 atom stereocenters. The van der Waals surface area contributed by atoms with E-state index in [0.717, 1.165) is 0 Å². The van der Waals surface area contributed by atoms with E-state index in [1.54, 1.807) is 0 Å². The van der Waals surface area contributed by atoms with Crippen LogP contribution < -0.4 is 10.6 Å². The van der Waals surface area contributed by atoms with Gasteiger partial charge in [-0.2, -0.15) is 0 Å². The number of carbonyl (C=O) groups is 3. The Balaban J connectivity index is 3.96. The molecule has 0 rings (SSSR count). The van der Waals surface area contributed by atoms with E-state index in [2.05, 4.69) is 10.6 Å². The second-order valence-electron chi connectivity index (χ2n) is 4.14. The molecular formula is C11H20N2O6. The van der Waals surface area contributed by atoms with Crippen LogP contribution in [0.3, 0.4) is 0 Å². The van der Waals surface area contributed by atoms with E-state index in [0.29, 0.717) is 6.61 Å². The predicted molar refractivity (Wildman–Crippen MR) is 65.9 cm³/mol. The molecule has 4 N–H and O–H groups in total. The SMILES string of the molecule is CC(C)OCCNC(=O)N[C@@H](CCC(=O)O)C(=O)O. The number of carboxylic acid groups (broad SMARTS) is 2. The summed E-state index contributed by atoms with van der Waals surface area (Å²) in [7, 11) is 0. The quantitative estimate of drug-likeness (QED) is 0.440. The summed E-state index contributed by atoms with van der Waals surface area (Å²) < 4.78 is 5.19. The molecular weight excluding hydrogens is 256 g/mol. The zero-order valence-corrected chi connectivity index (χ0v) is 11.0. The van der Waals surface area contributed by atoms with Crippen molar-refractivity contribution in [2.45, 2.75) is 38.8 Å². The first-order chi connectivity index (χ1) is 8.82. The van der Waals surface area contributed by atoms with Gasteiger partial charge in [0.2, 0.25) is 0 Å². The van der Waals surface area contributed by atoms with Crippen LogP contribution in [0.4, 0.5) is 4.79 Å². The zero-order valence-electron chi connectivity index (χ0n) is 11.0. The molecule has 0 aliphatic carbocycles. The molecule has 0 saturated heterocycles. The van der Waals surface area contributed by atoms with E-state index >= 15 is 0 Å². The van der Waals surface area contributed by atoms with Crippen molar-refractivity contribution in [3.05, 3.63) is 0 Å². The van der Waals surface area contributed by atoms with E-state index in [9.17, 15) is 14.4 Å². The van der Waals surface area contributed by atoms with Crippen LogP contribution in [0.2, 0.25) is 0 Å². The predicted octanol–water partition coefficient (Wildman–Crippen LogP) is 0.0286. The van der Waals surface area contributed by atoms with Gasteiger partial charge in [-0.15, -0.1) is 0 Å². The molecule has 8 nitrogen and oxygen atoms in total. The molecule has 0 fully saturated rings. The van der Waals surface area contributed by atoms with Gasteiger partial charge in [0.15, 0.2) is 0 Å². The summed E-state index contributed by atoms with van der Waals surface area (Å²) in [6.07, 6.45) is -0.443. The third-order valence-electron chi connectivity index (χ3n) is 2.09. The molecule has 0 saturated carbocycles. The summed E-state index contributed by atoms with van der Waals surface area (Å²) in [6, 6.07) is -1.88. The van der Waals surface area contributed by atoms with Crippen LogP contribution >= 0.6 is 0 Å². The minimum Gasteiger partial charge on any atom is -0.481 e. The molecule has 0 unspecified atom stereocenters. The lowest BCUT2D eigenvalue weighted by Gasteiger charge is -2.14. The van der Waals surface area contributed by atoms with Gasteiger partial charge in [0.25, 0.3) is 0 Å². The van der Waals surface area contributed by atoms with Crippen LogP contribution in [-0.4, -0.2) is 53.5 Å². The van der Waals surface area contributed by atoms with Crippen molar-refractivity contribution in [2.24, 2.45) is 0 Å². The normalized spacial score (nSPS) is 11.9. The second kappa shape index (κ2) is 9.15. The molecule has 0 heterocycles. The molecule has 0 bridgehead atoms. The topological polar surface area (TPSA) is 125 Å². The van der Waals surface area contributed by atoms with Gasteiger partial charge in [-0.05, 0) is 20.3 Å². The van der Waals surface area contributed by atoms with Crippen molar-refractivity contribution >= 4 is 18.0 Å². The van der Waals surface area contributed by atoms with Crippen molar-refractivity contribution in [1.29, 1.82) is 0 Å². The van der Waals surface area contributed by atoms with E-state index in [1.807, 2.05) is 13.8 Å². The number of hydrogen-bond donors (Lipinski definition) is 4. The van der Waals surface area contributed by atoms with Crippen molar-refractivity contribution in [3.63, 3.8) is 0 Å². The van der Waals surface area contributed by atoms with E-state index in [4.69, 9.17) is 14.9 Å². The monoisotopic (exact) mass is 276 g/mol. The van der Waals surface area contributed by atoms with Gasteiger partial charge >= 0.3 is 18.0 Å². The molecule has 2 amide bonds. The summed E-state index contributed by atoms with van der Waals surface area (Å²) in [5, 5.41) is 21.9. The van der Waals surface area contributed by atoms with E-state index in [1.165, 1.54) is 0 Å². The lowest BCUT2D eigenvalue weighted by molar-refractivity contribution is -0.140. The Bertz CT molecular complexity index is 318. The highest BCUT2D eigenvalue weighted by molar-refractivity contribution is 5.82. The number of rotatable bonds is 9. The third kappa shape index (κ3) is 9.83. The number of amides is 2. The Morgan fingerprint density at radius 1 is 1.21 bits per heavy atom. The summed E-state index contributed by atoms with van der Waals surface area (Å²) in [6.45, 7) is 4.27. The third-order valence-corrected chi connectivity index (χ3v) is 2.09. The van der Waals surface area contributed by atoms with Crippen LogP contribution in [0, 0.1) is 0 Å². The van der Waals surface area contributed by atoms with E-state index in [-0.39, 0.29) is 25.5 Å². The highest BCUT2D eigenvalue weighted by Crippen LogP contribution is 1.97. The number of aliphatic carboxylic acids is 2. The largest absolute Gasteiger partial charge is 0.481 e. The highest BCUT2D eigenvalue weighted by Gasteiger charge is 2.20. The zero-order chi connectivity index (χ0) is 14.8. The van der Waals surface area contributed by atoms with Gasteiger partial charge in [-0.3, -0.25) is 4.79 Å². The molecule has 110 valence electrons. The minimum absolute atomic E-state index is 0.0483. The van der Waals surface area contributed by atoms with Gasteiger partial charge < -0.3 is 25.6 Å². The fourth-order valence-electron chi connectivity index (χ4n) is 1.19. The van der Waals surface area contributed by atoms with Gasteiger partial charge in [-0.25, -0.2) is 9.59 Å². The average molecular weight is 276 g/mol. The van der Waals surface area contributed by atoms with Crippen LogP contribution in [0.1, 0.15) is 26.7 Å². The first-order valence-electron chi connectivity index (χ1n) is 5.93. The molecule has 0 radical (unpaired) electrons. The van der Waals surface area contributed by atoms with Crippen molar-refractivity contribution in [1.82, 2.24) is 10.6 Å². The molecule has 0 aliphatic rings. The van der Waals surface area contributed by atoms with Gasteiger partial charge in [-0.1, -0.05) is 0 Å².